The molecule has 0 spiro atoms. The number of carbonyl (C=O) groups is 1. The maximum Gasteiger partial charge on any atom is 0.354 e. The highest BCUT2D eigenvalue weighted by atomic mass is 16.4. The van der Waals surface area contributed by atoms with Crippen LogP contribution in [0.2, 0.25) is 0 Å². The van der Waals surface area contributed by atoms with Crippen LogP contribution in [-0.2, 0) is 0 Å². The zero-order valence-electron chi connectivity index (χ0n) is 6.64. The predicted molar refractivity (Wildman–Crippen MR) is 41.0 cm³/mol. The molecule has 1 aromatic rings. The van der Waals surface area contributed by atoms with E-state index < -0.39 is 5.97 Å². The molecule has 0 saturated carbocycles. The van der Waals surface area contributed by atoms with Crippen molar-refractivity contribution in [2.75, 3.05) is 6.61 Å². The minimum atomic E-state index is -1.03. The number of hydrogen-bond donors (Lipinski definition) is 2. The lowest BCUT2D eigenvalue weighted by atomic mass is 10.3. The first-order valence-electron chi connectivity index (χ1n) is 3.54. The van der Waals surface area contributed by atoms with E-state index in [9.17, 15) is 4.79 Å². The smallest absolute Gasteiger partial charge is 0.354 e. The Kier molecular flexibility index (Phi) is 2.44. The van der Waals surface area contributed by atoms with Crippen LogP contribution in [0.15, 0.2) is 12.3 Å². The molecule has 0 aliphatic carbocycles. The molecule has 5 heteroatoms. The second-order valence-corrected chi connectivity index (χ2v) is 2.50. The predicted octanol–water partition coefficient (Wildman–Crippen LogP) is 0.135. The number of aromatic nitrogens is 2. The molecule has 0 aromatic carbocycles. The highest BCUT2D eigenvalue weighted by molar-refractivity contribution is 5.85. The van der Waals surface area contributed by atoms with Gasteiger partial charge in [0.05, 0.1) is 12.6 Å². The minimum absolute atomic E-state index is 0.0940. The third-order valence-electron chi connectivity index (χ3n) is 1.57. The van der Waals surface area contributed by atoms with Gasteiger partial charge in [-0.25, -0.2) is 4.79 Å². The van der Waals surface area contributed by atoms with Gasteiger partial charge in [0, 0.05) is 6.20 Å². The molecule has 0 radical (unpaired) electrons. The van der Waals surface area contributed by atoms with Crippen molar-refractivity contribution in [2.24, 2.45) is 0 Å². The summed E-state index contributed by atoms with van der Waals surface area (Å²) in [6.45, 7) is 1.57. The minimum Gasteiger partial charge on any atom is -0.477 e. The van der Waals surface area contributed by atoms with Crippen LogP contribution in [0, 0.1) is 0 Å². The summed E-state index contributed by atoms with van der Waals surface area (Å²) in [5, 5.41) is 21.2. The van der Waals surface area contributed by atoms with Crippen LogP contribution >= 0.6 is 0 Å². The van der Waals surface area contributed by atoms with E-state index in [-0.39, 0.29) is 18.3 Å². The summed E-state index contributed by atoms with van der Waals surface area (Å²) in [7, 11) is 0. The molecule has 0 amide bonds. The van der Waals surface area contributed by atoms with Crippen LogP contribution in [0.4, 0.5) is 0 Å². The van der Waals surface area contributed by atoms with E-state index in [1.165, 1.54) is 16.9 Å². The molecule has 1 atom stereocenters. The van der Waals surface area contributed by atoms with Gasteiger partial charge in [-0.15, -0.1) is 0 Å². The summed E-state index contributed by atoms with van der Waals surface area (Å²) < 4.78 is 1.28. The van der Waals surface area contributed by atoms with Crippen molar-refractivity contribution in [3.05, 3.63) is 18.0 Å². The average molecular weight is 170 g/mol. The first kappa shape index (κ1) is 8.73. The molecule has 1 heterocycles. The second-order valence-electron chi connectivity index (χ2n) is 2.50. The Morgan fingerprint density at radius 2 is 2.50 bits per heavy atom. The highest BCUT2D eigenvalue weighted by Gasteiger charge is 2.13. The van der Waals surface area contributed by atoms with Crippen LogP contribution in [-0.4, -0.2) is 32.6 Å². The van der Waals surface area contributed by atoms with Crippen molar-refractivity contribution in [3.63, 3.8) is 0 Å². The third kappa shape index (κ3) is 1.45. The SMILES string of the molecule is CC(CO)n1nccc1C(=O)O. The summed E-state index contributed by atoms with van der Waals surface area (Å²) in [6, 6.07) is 1.10. The molecule has 0 bridgehead atoms. The fourth-order valence-electron chi connectivity index (χ4n) is 0.912. The monoisotopic (exact) mass is 170 g/mol. The van der Waals surface area contributed by atoms with Gasteiger partial charge in [0.2, 0.25) is 0 Å². The largest absolute Gasteiger partial charge is 0.477 e. The summed E-state index contributed by atoms with van der Waals surface area (Å²) >= 11 is 0. The van der Waals surface area contributed by atoms with Crippen LogP contribution in [0.1, 0.15) is 23.5 Å². The Bertz CT molecular complexity index is 282. The standard InChI is InChI=1S/C7H10N2O3/c1-5(4-10)9-6(7(11)12)2-3-8-9/h2-3,5,10H,4H2,1H3,(H,11,12). The molecule has 12 heavy (non-hydrogen) atoms. The number of nitrogens with zero attached hydrogens (tertiary/aromatic N) is 2. The molecule has 0 aliphatic rings. The zero-order valence-corrected chi connectivity index (χ0v) is 6.64. The van der Waals surface area contributed by atoms with Crippen molar-refractivity contribution in [3.8, 4) is 0 Å². The van der Waals surface area contributed by atoms with E-state index in [2.05, 4.69) is 5.10 Å². The molecule has 0 saturated heterocycles. The van der Waals surface area contributed by atoms with Crippen molar-refractivity contribution >= 4 is 5.97 Å². The molecule has 0 fully saturated rings. The van der Waals surface area contributed by atoms with E-state index >= 15 is 0 Å². The van der Waals surface area contributed by atoms with Crippen molar-refractivity contribution in [1.82, 2.24) is 9.78 Å². The lowest BCUT2D eigenvalue weighted by Gasteiger charge is -2.09. The van der Waals surface area contributed by atoms with Gasteiger partial charge in [0.1, 0.15) is 5.69 Å². The lowest BCUT2D eigenvalue weighted by molar-refractivity contribution is 0.0677. The Balaban J connectivity index is 2.98. The maximum absolute atomic E-state index is 10.6. The molecule has 0 aliphatic heterocycles. The maximum atomic E-state index is 10.6. The molecule has 1 rings (SSSR count). The van der Waals surface area contributed by atoms with Crippen LogP contribution in [0.5, 0.6) is 0 Å². The fourth-order valence-corrected chi connectivity index (χ4v) is 0.912. The first-order chi connectivity index (χ1) is 5.66. The Labute approximate surface area is 69.2 Å². The van der Waals surface area contributed by atoms with E-state index in [4.69, 9.17) is 10.2 Å². The van der Waals surface area contributed by atoms with E-state index in [0.717, 1.165) is 0 Å². The van der Waals surface area contributed by atoms with Gasteiger partial charge in [0.15, 0.2) is 0 Å². The molecular formula is C7H10N2O3. The van der Waals surface area contributed by atoms with Crippen molar-refractivity contribution < 1.29 is 15.0 Å². The van der Waals surface area contributed by atoms with Crippen LogP contribution in [0.25, 0.3) is 0 Å². The van der Waals surface area contributed by atoms with Crippen LogP contribution in [0.3, 0.4) is 0 Å². The summed E-state index contributed by atoms with van der Waals surface area (Å²) in [4.78, 5) is 10.6. The molecule has 5 nitrogen and oxygen atoms in total. The zero-order chi connectivity index (χ0) is 9.14. The summed E-state index contributed by atoms with van der Waals surface area (Å²) in [5.74, 6) is -1.03. The Morgan fingerprint density at radius 3 is 3.00 bits per heavy atom. The van der Waals surface area contributed by atoms with Gasteiger partial charge >= 0.3 is 5.97 Å². The fraction of sp³-hybridized carbons (Fsp3) is 0.429. The second kappa shape index (κ2) is 3.36. The molecule has 1 aromatic heterocycles. The topological polar surface area (TPSA) is 75.3 Å². The lowest BCUT2D eigenvalue weighted by Crippen LogP contribution is -2.16. The number of hydrogen-bond acceptors (Lipinski definition) is 3. The van der Waals surface area contributed by atoms with Gasteiger partial charge in [-0.2, -0.15) is 5.10 Å². The third-order valence-corrected chi connectivity index (χ3v) is 1.57. The molecular weight excluding hydrogens is 160 g/mol. The van der Waals surface area contributed by atoms with Gasteiger partial charge in [-0.3, -0.25) is 4.68 Å². The molecule has 66 valence electrons. The number of aliphatic hydroxyl groups is 1. The van der Waals surface area contributed by atoms with Gasteiger partial charge in [0.25, 0.3) is 0 Å². The van der Waals surface area contributed by atoms with E-state index in [0.29, 0.717) is 0 Å². The molecule has 1 unspecified atom stereocenters. The summed E-state index contributed by atoms with van der Waals surface area (Å²) in [6.07, 6.45) is 1.40. The van der Waals surface area contributed by atoms with Gasteiger partial charge in [-0.1, -0.05) is 0 Å². The number of carboxylic acid groups (broad SMARTS) is 1. The first-order valence-corrected chi connectivity index (χ1v) is 3.54. The Morgan fingerprint density at radius 1 is 1.83 bits per heavy atom. The Hall–Kier alpha value is -1.36. The quantitative estimate of drug-likeness (QED) is 0.676. The number of aliphatic hydroxyl groups excluding tert-OH is 1. The van der Waals surface area contributed by atoms with E-state index in [1.54, 1.807) is 6.92 Å². The van der Waals surface area contributed by atoms with Crippen LogP contribution < -0.4 is 0 Å². The highest BCUT2D eigenvalue weighted by Crippen LogP contribution is 2.07. The number of aromatic carboxylic acids is 1. The van der Waals surface area contributed by atoms with Crippen molar-refractivity contribution in [1.29, 1.82) is 0 Å². The summed E-state index contributed by atoms with van der Waals surface area (Å²) in [5.41, 5.74) is 0.0940. The van der Waals surface area contributed by atoms with Gasteiger partial charge < -0.3 is 10.2 Å². The van der Waals surface area contributed by atoms with Crippen molar-refractivity contribution in [2.45, 2.75) is 13.0 Å². The number of rotatable bonds is 3. The average Bonchev–Trinajstić information content (AvgIpc) is 2.50. The number of carboxylic acids is 1. The molecule has 2 N–H and O–H groups in total. The normalized spacial score (nSPS) is 12.8. The van der Waals surface area contributed by atoms with Gasteiger partial charge in [-0.05, 0) is 13.0 Å². The van der Waals surface area contributed by atoms with E-state index in [1.807, 2.05) is 0 Å².